The summed E-state index contributed by atoms with van der Waals surface area (Å²) in [6.45, 7) is 12.5. The topological polar surface area (TPSA) is 64.3 Å². The molecule has 2 unspecified atom stereocenters. The Hall–Kier alpha value is -0.610. The van der Waals surface area contributed by atoms with Crippen molar-refractivity contribution in [2.75, 3.05) is 19.8 Å². The highest BCUT2D eigenvalue weighted by Crippen LogP contribution is 2.31. The van der Waals surface area contributed by atoms with Gasteiger partial charge in [0.15, 0.2) is 0 Å². The lowest BCUT2D eigenvalue weighted by atomic mass is 9.76. The first kappa shape index (κ1) is 18.4. The van der Waals surface area contributed by atoms with Gasteiger partial charge < -0.3 is 15.8 Å². The maximum absolute atomic E-state index is 11.9. The second-order valence-corrected chi connectivity index (χ2v) is 6.31. The number of amides is 1. The number of carbonyl (C=O) groups excluding carboxylic acids is 1. The maximum Gasteiger partial charge on any atom is 0.220 e. The van der Waals surface area contributed by atoms with E-state index in [4.69, 9.17) is 10.5 Å². The van der Waals surface area contributed by atoms with Gasteiger partial charge in [0, 0.05) is 19.1 Å². The number of ether oxygens (including phenoxy) is 1. The molecule has 0 aliphatic rings. The fraction of sp³-hybridized carbons (Fsp3) is 0.933. The molecule has 1 amide bonds. The van der Waals surface area contributed by atoms with E-state index in [2.05, 4.69) is 26.1 Å². The van der Waals surface area contributed by atoms with Gasteiger partial charge in [0.2, 0.25) is 5.91 Å². The molecule has 0 fully saturated rings. The van der Waals surface area contributed by atoms with E-state index in [1.165, 1.54) is 0 Å². The molecule has 4 nitrogen and oxygen atoms in total. The molecule has 0 heterocycles. The Morgan fingerprint density at radius 2 is 1.95 bits per heavy atom. The molecule has 0 aromatic carbocycles. The highest BCUT2D eigenvalue weighted by molar-refractivity contribution is 5.76. The number of hydrogen-bond donors (Lipinski definition) is 2. The van der Waals surface area contributed by atoms with Crippen LogP contribution < -0.4 is 11.1 Å². The van der Waals surface area contributed by atoms with Gasteiger partial charge in [0.25, 0.3) is 0 Å². The lowest BCUT2D eigenvalue weighted by Gasteiger charge is -2.30. The van der Waals surface area contributed by atoms with Crippen molar-refractivity contribution >= 4 is 5.91 Å². The highest BCUT2D eigenvalue weighted by atomic mass is 16.5. The lowest BCUT2D eigenvalue weighted by Crippen LogP contribution is -2.36. The lowest BCUT2D eigenvalue weighted by molar-refractivity contribution is -0.122. The third-order valence-electron chi connectivity index (χ3n) is 3.44. The second kappa shape index (κ2) is 9.32. The zero-order valence-corrected chi connectivity index (χ0v) is 13.3. The van der Waals surface area contributed by atoms with Crippen molar-refractivity contribution in [3.8, 4) is 0 Å². The molecule has 3 N–H and O–H groups in total. The molecule has 0 aromatic heterocycles. The van der Waals surface area contributed by atoms with Crippen LogP contribution >= 0.6 is 0 Å². The largest absolute Gasteiger partial charge is 0.380 e. The molecule has 0 radical (unpaired) electrons. The fourth-order valence-corrected chi connectivity index (χ4v) is 2.20. The minimum absolute atomic E-state index is 0.0787. The van der Waals surface area contributed by atoms with E-state index in [1.807, 2.05) is 13.8 Å². The van der Waals surface area contributed by atoms with Crippen molar-refractivity contribution in [1.82, 2.24) is 5.32 Å². The van der Waals surface area contributed by atoms with Crippen LogP contribution in [0.15, 0.2) is 0 Å². The number of hydrogen-bond acceptors (Lipinski definition) is 3. The fourth-order valence-electron chi connectivity index (χ4n) is 2.20. The van der Waals surface area contributed by atoms with E-state index in [0.717, 1.165) is 12.8 Å². The van der Waals surface area contributed by atoms with Gasteiger partial charge in [-0.15, -0.1) is 0 Å². The average Bonchev–Trinajstić information content (AvgIpc) is 2.30. The Morgan fingerprint density at radius 3 is 2.42 bits per heavy atom. The van der Waals surface area contributed by atoms with Gasteiger partial charge in [-0.1, -0.05) is 20.8 Å². The van der Waals surface area contributed by atoms with Crippen molar-refractivity contribution in [3.63, 3.8) is 0 Å². The highest BCUT2D eigenvalue weighted by Gasteiger charge is 2.24. The zero-order chi connectivity index (χ0) is 14.9. The molecule has 0 aliphatic heterocycles. The first-order valence-electron chi connectivity index (χ1n) is 7.38. The summed E-state index contributed by atoms with van der Waals surface area (Å²) in [5.74, 6) is 0.601. The molecule has 0 aromatic rings. The van der Waals surface area contributed by atoms with Crippen LogP contribution in [0.5, 0.6) is 0 Å². The van der Waals surface area contributed by atoms with Crippen LogP contribution in [0.1, 0.15) is 53.9 Å². The predicted octanol–water partition coefficient (Wildman–Crippen LogP) is 2.32. The smallest absolute Gasteiger partial charge is 0.220 e. The Morgan fingerprint density at radius 1 is 1.32 bits per heavy atom. The van der Waals surface area contributed by atoms with Gasteiger partial charge >= 0.3 is 0 Å². The average molecular weight is 272 g/mol. The van der Waals surface area contributed by atoms with Crippen molar-refractivity contribution < 1.29 is 9.53 Å². The van der Waals surface area contributed by atoms with E-state index in [9.17, 15) is 4.79 Å². The molecule has 0 saturated heterocycles. The molecule has 0 spiro atoms. The summed E-state index contributed by atoms with van der Waals surface area (Å²) < 4.78 is 5.28. The molecule has 4 heteroatoms. The standard InChI is InChI=1S/C15H32N2O2/c1-6-19-11-12(2)17-14(18)8-7-13(9-10-16)15(3,4)5/h12-13H,6-11,16H2,1-5H3,(H,17,18). The van der Waals surface area contributed by atoms with E-state index in [0.29, 0.717) is 32.1 Å². The Kier molecular flexibility index (Phi) is 9.02. The minimum atomic E-state index is 0.0787. The summed E-state index contributed by atoms with van der Waals surface area (Å²) in [5, 5.41) is 2.97. The molecular weight excluding hydrogens is 240 g/mol. The number of nitrogens with two attached hydrogens (primary N) is 1. The number of nitrogens with one attached hydrogen (secondary N) is 1. The van der Waals surface area contributed by atoms with E-state index >= 15 is 0 Å². The SMILES string of the molecule is CCOCC(C)NC(=O)CCC(CCN)C(C)(C)C. The molecule has 2 atom stereocenters. The normalized spacial score (nSPS) is 15.1. The molecule has 0 bridgehead atoms. The van der Waals surface area contributed by atoms with E-state index < -0.39 is 0 Å². The minimum Gasteiger partial charge on any atom is -0.380 e. The van der Waals surface area contributed by atoms with Gasteiger partial charge in [-0.05, 0) is 44.6 Å². The van der Waals surface area contributed by atoms with Crippen LogP contribution in [0.4, 0.5) is 0 Å². The molecule has 19 heavy (non-hydrogen) atoms. The molecule has 0 aliphatic carbocycles. The Balaban J connectivity index is 4.04. The quantitative estimate of drug-likeness (QED) is 0.677. The first-order chi connectivity index (χ1) is 8.81. The van der Waals surface area contributed by atoms with Crippen LogP contribution in [0.2, 0.25) is 0 Å². The molecule has 0 saturated carbocycles. The van der Waals surface area contributed by atoms with E-state index in [-0.39, 0.29) is 17.4 Å². The van der Waals surface area contributed by atoms with Crippen molar-refractivity contribution in [1.29, 1.82) is 0 Å². The molecule has 114 valence electrons. The summed E-state index contributed by atoms with van der Waals surface area (Å²) in [4.78, 5) is 11.9. The Labute approximate surface area is 118 Å². The third-order valence-corrected chi connectivity index (χ3v) is 3.44. The van der Waals surface area contributed by atoms with Crippen LogP contribution in [0.25, 0.3) is 0 Å². The van der Waals surface area contributed by atoms with Gasteiger partial charge in [0.05, 0.1) is 6.61 Å². The Bertz CT molecular complexity index is 249. The van der Waals surface area contributed by atoms with Gasteiger partial charge in [-0.25, -0.2) is 0 Å². The summed E-state index contributed by atoms with van der Waals surface area (Å²) in [7, 11) is 0. The second-order valence-electron chi connectivity index (χ2n) is 6.31. The van der Waals surface area contributed by atoms with Crippen LogP contribution in [-0.2, 0) is 9.53 Å². The van der Waals surface area contributed by atoms with Crippen molar-refractivity contribution in [3.05, 3.63) is 0 Å². The monoisotopic (exact) mass is 272 g/mol. The van der Waals surface area contributed by atoms with Gasteiger partial charge in [-0.3, -0.25) is 4.79 Å². The third kappa shape index (κ3) is 9.00. The summed E-state index contributed by atoms with van der Waals surface area (Å²) >= 11 is 0. The van der Waals surface area contributed by atoms with Crippen LogP contribution in [0, 0.1) is 11.3 Å². The maximum atomic E-state index is 11.9. The van der Waals surface area contributed by atoms with Gasteiger partial charge in [-0.2, -0.15) is 0 Å². The first-order valence-corrected chi connectivity index (χ1v) is 7.38. The van der Waals surface area contributed by atoms with Crippen LogP contribution in [0.3, 0.4) is 0 Å². The number of rotatable bonds is 9. The summed E-state index contributed by atoms with van der Waals surface area (Å²) in [6, 6.07) is 0.0787. The molecule has 0 rings (SSSR count). The van der Waals surface area contributed by atoms with Gasteiger partial charge in [0.1, 0.15) is 0 Å². The zero-order valence-electron chi connectivity index (χ0n) is 13.3. The molecular formula is C15H32N2O2. The van der Waals surface area contributed by atoms with E-state index in [1.54, 1.807) is 0 Å². The summed E-state index contributed by atoms with van der Waals surface area (Å²) in [5.41, 5.74) is 5.86. The van der Waals surface area contributed by atoms with Crippen LogP contribution in [-0.4, -0.2) is 31.7 Å². The predicted molar refractivity (Wildman–Crippen MR) is 79.9 cm³/mol. The van der Waals surface area contributed by atoms with Crippen molar-refractivity contribution in [2.45, 2.75) is 59.9 Å². The number of carbonyl (C=O) groups is 1. The summed E-state index contributed by atoms with van der Waals surface area (Å²) in [6.07, 6.45) is 2.44. The van der Waals surface area contributed by atoms with Crippen molar-refractivity contribution in [2.24, 2.45) is 17.1 Å².